The molecule has 1 heterocycles. The minimum Gasteiger partial charge on any atom is -0.491 e. The zero-order valence-electron chi connectivity index (χ0n) is 18.6. The molecule has 0 aliphatic carbocycles. The highest BCUT2D eigenvalue weighted by Crippen LogP contribution is 2.20. The first-order chi connectivity index (χ1) is 15.2. The Bertz CT molecular complexity index is 985. The molecule has 1 amide bonds. The lowest BCUT2D eigenvalue weighted by Gasteiger charge is -2.16. The van der Waals surface area contributed by atoms with Crippen molar-refractivity contribution in [3.05, 3.63) is 48.5 Å². The van der Waals surface area contributed by atoms with E-state index in [1.807, 2.05) is 24.3 Å². The SMILES string of the molecule is CC(C)NS(=O)(=O)c1ccc(NC(=O)C(C)Nc2ccc(OCC3CCCO3)cc2)cc1. The Kier molecular flexibility index (Phi) is 8.11. The van der Waals surface area contributed by atoms with E-state index >= 15 is 0 Å². The Morgan fingerprint density at radius 2 is 1.72 bits per heavy atom. The summed E-state index contributed by atoms with van der Waals surface area (Å²) in [5, 5.41) is 5.93. The highest BCUT2D eigenvalue weighted by Gasteiger charge is 2.17. The molecule has 0 bridgehead atoms. The lowest BCUT2D eigenvalue weighted by atomic mass is 10.2. The number of hydrogen-bond acceptors (Lipinski definition) is 6. The van der Waals surface area contributed by atoms with Gasteiger partial charge in [0.25, 0.3) is 0 Å². The van der Waals surface area contributed by atoms with E-state index in [2.05, 4.69) is 15.4 Å². The summed E-state index contributed by atoms with van der Waals surface area (Å²) < 4.78 is 38.2. The Hall–Kier alpha value is -2.62. The van der Waals surface area contributed by atoms with Crippen LogP contribution in [-0.4, -0.2) is 45.7 Å². The van der Waals surface area contributed by atoms with Gasteiger partial charge in [0.05, 0.1) is 11.0 Å². The molecule has 9 heteroatoms. The Labute approximate surface area is 189 Å². The lowest BCUT2D eigenvalue weighted by Crippen LogP contribution is -2.32. The quantitative estimate of drug-likeness (QED) is 0.501. The number of hydrogen-bond donors (Lipinski definition) is 3. The fraction of sp³-hybridized carbons (Fsp3) is 0.435. The van der Waals surface area contributed by atoms with Crippen molar-refractivity contribution in [1.29, 1.82) is 0 Å². The minimum absolute atomic E-state index is 0.150. The van der Waals surface area contributed by atoms with Crippen molar-refractivity contribution in [1.82, 2.24) is 4.72 Å². The van der Waals surface area contributed by atoms with Crippen LogP contribution in [0.3, 0.4) is 0 Å². The number of carbonyl (C=O) groups is 1. The molecule has 2 unspecified atom stereocenters. The van der Waals surface area contributed by atoms with Gasteiger partial charge in [-0.2, -0.15) is 0 Å². The van der Waals surface area contributed by atoms with Crippen LogP contribution in [0.4, 0.5) is 11.4 Å². The predicted molar refractivity (Wildman–Crippen MR) is 125 cm³/mol. The molecule has 2 atom stereocenters. The fourth-order valence-corrected chi connectivity index (χ4v) is 4.53. The van der Waals surface area contributed by atoms with E-state index in [1.165, 1.54) is 12.1 Å². The first-order valence-corrected chi connectivity index (χ1v) is 12.3. The monoisotopic (exact) mass is 461 g/mol. The van der Waals surface area contributed by atoms with Crippen molar-refractivity contribution >= 4 is 27.3 Å². The molecule has 0 spiro atoms. The molecule has 1 aliphatic rings. The Morgan fingerprint density at radius 3 is 2.31 bits per heavy atom. The van der Waals surface area contributed by atoms with Crippen LogP contribution in [0.1, 0.15) is 33.6 Å². The number of anilines is 2. The van der Waals surface area contributed by atoms with Crippen molar-refractivity contribution in [3.8, 4) is 5.75 Å². The summed E-state index contributed by atoms with van der Waals surface area (Å²) in [4.78, 5) is 12.7. The maximum atomic E-state index is 12.5. The highest BCUT2D eigenvalue weighted by atomic mass is 32.2. The highest BCUT2D eigenvalue weighted by molar-refractivity contribution is 7.89. The van der Waals surface area contributed by atoms with Crippen molar-refractivity contribution in [3.63, 3.8) is 0 Å². The second kappa shape index (κ2) is 10.8. The van der Waals surface area contributed by atoms with Crippen molar-refractivity contribution in [2.75, 3.05) is 23.8 Å². The average Bonchev–Trinajstić information content (AvgIpc) is 3.26. The Balaban J connectivity index is 1.50. The normalized spacial score (nSPS) is 17.2. The maximum Gasteiger partial charge on any atom is 0.246 e. The van der Waals surface area contributed by atoms with E-state index in [1.54, 1.807) is 32.9 Å². The summed E-state index contributed by atoms with van der Waals surface area (Å²) in [5.41, 5.74) is 1.31. The molecule has 1 aliphatic heterocycles. The van der Waals surface area contributed by atoms with E-state index in [0.29, 0.717) is 12.3 Å². The summed E-state index contributed by atoms with van der Waals surface area (Å²) in [6.45, 7) is 6.61. The molecular weight excluding hydrogens is 430 g/mol. The molecule has 2 aromatic rings. The number of nitrogens with one attached hydrogen (secondary N) is 3. The van der Waals surface area contributed by atoms with Crippen molar-refractivity contribution < 1.29 is 22.7 Å². The van der Waals surface area contributed by atoms with E-state index in [4.69, 9.17) is 9.47 Å². The van der Waals surface area contributed by atoms with Gasteiger partial charge in [0.2, 0.25) is 15.9 Å². The van der Waals surface area contributed by atoms with Gasteiger partial charge >= 0.3 is 0 Å². The first kappa shape index (κ1) is 24.0. The van der Waals surface area contributed by atoms with E-state index in [-0.39, 0.29) is 22.9 Å². The largest absolute Gasteiger partial charge is 0.491 e. The molecule has 2 aromatic carbocycles. The molecule has 0 aromatic heterocycles. The fourth-order valence-electron chi connectivity index (χ4n) is 3.27. The third-order valence-corrected chi connectivity index (χ3v) is 6.59. The standard InChI is InChI=1S/C23H31N3O5S/c1-16(2)26-32(28,29)22-12-8-19(9-13-22)25-23(27)17(3)24-18-6-10-20(11-7-18)31-15-21-5-4-14-30-21/h6-13,16-17,21,24,26H,4-5,14-15H2,1-3H3,(H,25,27). The predicted octanol–water partition coefficient (Wildman–Crippen LogP) is 3.37. The summed E-state index contributed by atoms with van der Waals surface area (Å²) in [6, 6.07) is 12.8. The summed E-state index contributed by atoms with van der Waals surface area (Å²) in [6.07, 6.45) is 2.27. The second-order valence-electron chi connectivity index (χ2n) is 8.13. The third-order valence-electron chi connectivity index (χ3n) is 4.91. The second-order valence-corrected chi connectivity index (χ2v) is 9.84. The summed E-state index contributed by atoms with van der Waals surface area (Å²) in [5.74, 6) is 0.518. The number of rotatable bonds is 10. The van der Waals surface area contributed by atoms with Crippen LogP contribution in [0.25, 0.3) is 0 Å². The van der Waals surface area contributed by atoms with Crippen LogP contribution >= 0.6 is 0 Å². The van der Waals surface area contributed by atoms with Gasteiger partial charge in [-0.3, -0.25) is 4.79 Å². The molecule has 3 N–H and O–H groups in total. The van der Waals surface area contributed by atoms with Crippen LogP contribution in [-0.2, 0) is 19.6 Å². The van der Waals surface area contributed by atoms with E-state index < -0.39 is 16.1 Å². The zero-order chi connectivity index (χ0) is 23.1. The smallest absolute Gasteiger partial charge is 0.246 e. The molecule has 174 valence electrons. The molecular formula is C23H31N3O5S. The topological polar surface area (TPSA) is 106 Å². The third kappa shape index (κ3) is 6.94. The number of carbonyl (C=O) groups excluding carboxylic acids is 1. The van der Waals surface area contributed by atoms with Gasteiger partial charge in [-0.05, 0) is 82.1 Å². The first-order valence-electron chi connectivity index (χ1n) is 10.8. The van der Waals surface area contributed by atoms with Gasteiger partial charge in [-0.15, -0.1) is 0 Å². The molecule has 0 saturated carbocycles. The molecule has 1 fully saturated rings. The van der Waals surface area contributed by atoms with Gasteiger partial charge in [0.15, 0.2) is 0 Å². The molecule has 3 rings (SSSR count). The molecule has 0 radical (unpaired) electrons. The lowest BCUT2D eigenvalue weighted by molar-refractivity contribution is -0.116. The zero-order valence-corrected chi connectivity index (χ0v) is 19.4. The van der Waals surface area contributed by atoms with Crippen LogP contribution in [0.2, 0.25) is 0 Å². The van der Waals surface area contributed by atoms with Gasteiger partial charge < -0.3 is 20.1 Å². The number of sulfonamides is 1. The molecule has 32 heavy (non-hydrogen) atoms. The van der Waals surface area contributed by atoms with Crippen LogP contribution in [0.5, 0.6) is 5.75 Å². The van der Waals surface area contributed by atoms with Gasteiger partial charge in [-0.1, -0.05) is 0 Å². The molecule has 1 saturated heterocycles. The Morgan fingerprint density at radius 1 is 1.06 bits per heavy atom. The van der Waals surface area contributed by atoms with Gasteiger partial charge in [0, 0.05) is 24.0 Å². The summed E-state index contributed by atoms with van der Waals surface area (Å²) >= 11 is 0. The number of amides is 1. The van der Waals surface area contributed by atoms with E-state index in [0.717, 1.165) is 30.9 Å². The number of benzene rings is 2. The van der Waals surface area contributed by atoms with Gasteiger partial charge in [-0.25, -0.2) is 13.1 Å². The van der Waals surface area contributed by atoms with Crippen LogP contribution in [0.15, 0.2) is 53.4 Å². The maximum absolute atomic E-state index is 12.5. The summed E-state index contributed by atoms with van der Waals surface area (Å²) in [7, 11) is -3.57. The van der Waals surface area contributed by atoms with Crippen LogP contribution in [0, 0.1) is 0 Å². The number of ether oxygens (including phenoxy) is 2. The van der Waals surface area contributed by atoms with Crippen LogP contribution < -0.4 is 20.1 Å². The average molecular weight is 462 g/mol. The molecule has 8 nitrogen and oxygen atoms in total. The van der Waals surface area contributed by atoms with E-state index in [9.17, 15) is 13.2 Å². The van der Waals surface area contributed by atoms with Crippen molar-refractivity contribution in [2.24, 2.45) is 0 Å². The minimum atomic E-state index is -3.57. The van der Waals surface area contributed by atoms with Crippen molar-refractivity contribution in [2.45, 2.75) is 56.7 Å². The van der Waals surface area contributed by atoms with Gasteiger partial charge in [0.1, 0.15) is 18.4 Å².